The van der Waals surface area contributed by atoms with Crippen LogP contribution >= 0.6 is 24.0 Å². The van der Waals surface area contributed by atoms with Gasteiger partial charge in [0.05, 0.1) is 23.7 Å². The molecular weight excluding hydrogens is 357 g/mol. The van der Waals surface area contributed by atoms with E-state index in [-0.39, 0.29) is 19.0 Å². The van der Waals surface area contributed by atoms with Crippen LogP contribution in [0.3, 0.4) is 0 Å². The summed E-state index contributed by atoms with van der Waals surface area (Å²) in [5.74, 6) is 2.48. The van der Waals surface area contributed by atoms with Gasteiger partial charge in [0, 0.05) is 17.8 Å². The van der Waals surface area contributed by atoms with Gasteiger partial charge in [0.2, 0.25) is 0 Å². The van der Waals surface area contributed by atoms with Crippen LogP contribution < -0.4 is 5.32 Å². The number of rotatable bonds is 6. The second kappa shape index (κ2) is 8.77. The number of hydrogen-bond donors (Lipinski definition) is 1. The molecule has 3 aromatic rings. The first kappa shape index (κ1) is 19.1. The molecule has 2 heterocycles. The van der Waals surface area contributed by atoms with E-state index in [1.807, 2.05) is 53.9 Å². The Balaban J connectivity index is 0.00000225. The fourth-order valence-corrected chi connectivity index (χ4v) is 2.78. The molecule has 130 valence electrons. The minimum absolute atomic E-state index is 0. The summed E-state index contributed by atoms with van der Waals surface area (Å²) in [5.41, 5.74) is 4.78. The molecule has 4 nitrogen and oxygen atoms in total. The fourth-order valence-electron chi connectivity index (χ4n) is 2.58. The number of fused-ring (bicyclic) bond motifs is 1. The maximum atomic E-state index is 6.22. The van der Waals surface area contributed by atoms with E-state index in [0.29, 0.717) is 13.2 Å². The smallest absolute Gasteiger partial charge is 0.160 e. The first-order chi connectivity index (χ1) is 11.7. The van der Waals surface area contributed by atoms with Crippen LogP contribution in [0.25, 0.3) is 5.65 Å². The molecule has 0 saturated carbocycles. The molecule has 25 heavy (non-hydrogen) atoms. The lowest BCUT2D eigenvalue weighted by molar-refractivity contribution is 0.149. The van der Waals surface area contributed by atoms with Gasteiger partial charge in [-0.05, 0) is 30.7 Å². The van der Waals surface area contributed by atoms with E-state index in [9.17, 15) is 0 Å². The van der Waals surface area contributed by atoms with Crippen LogP contribution in [0.1, 0.15) is 17.0 Å². The normalized spacial score (nSPS) is 10.3. The average Bonchev–Trinajstić information content (AvgIpc) is 2.91. The van der Waals surface area contributed by atoms with E-state index < -0.39 is 0 Å². The van der Waals surface area contributed by atoms with Gasteiger partial charge in [-0.2, -0.15) is 0 Å². The summed E-state index contributed by atoms with van der Waals surface area (Å²) < 4.78 is 7.49. The Morgan fingerprint density at radius 1 is 1.28 bits per heavy atom. The van der Waals surface area contributed by atoms with Crippen molar-refractivity contribution in [3.8, 4) is 12.3 Å². The van der Waals surface area contributed by atoms with Gasteiger partial charge in [-0.1, -0.05) is 35.7 Å². The molecule has 0 unspecified atom stereocenters. The Hall–Kier alpha value is -2.19. The molecule has 1 N–H and O–H groups in total. The summed E-state index contributed by atoms with van der Waals surface area (Å²) in [4.78, 5) is 4.66. The zero-order valence-electron chi connectivity index (χ0n) is 13.8. The lowest BCUT2D eigenvalue weighted by atomic mass is 10.2. The Morgan fingerprint density at radius 3 is 2.84 bits per heavy atom. The molecule has 2 aromatic heterocycles. The van der Waals surface area contributed by atoms with E-state index >= 15 is 0 Å². The monoisotopic (exact) mass is 375 g/mol. The van der Waals surface area contributed by atoms with Gasteiger partial charge in [0.1, 0.15) is 6.61 Å². The van der Waals surface area contributed by atoms with Crippen LogP contribution in [0.15, 0.2) is 42.6 Å². The highest BCUT2D eigenvalue weighted by molar-refractivity contribution is 6.31. The summed E-state index contributed by atoms with van der Waals surface area (Å²) in [6, 6.07) is 11.8. The molecule has 1 aromatic carbocycles. The molecular formula is C19H19Cl2N3O. The summed E-state index contributed by atoms with van der Waals surface area (Å²) in [5, 5.41) is 4.16. The van der Waals surface area contributed by atoms with Gasteiger partial charge >= 0.3 is 0 Å². The average molecular weight is 376 g/mol. The van der Waals surface area contributed by atoms with Crippen molar-refractivity contribution in [3.63, 3.8) is 0 Å². The van der Waals surface area contributed by atoms with Crippen molar-refractivity contribution in [2.24, 2.45) is 0 Å². The predicted molar refractivity (Wildman–Crippen MR) is 104 cm³/mol. The number of aromatic nitrogens is 2. The maximum Gasteiger partial charge on any atom is 0.160 e. The molecule has 0 fully saturated rings. The number of anilines is 1. The Labute approximate surface area is 158 Å². The number of pyridine rings is 1. The van der Waals surface area contributed by atoms with Crippen LogP contribution in [0, 0.1) is 19.3 Å². The Kier molecular flexibility index (Phi) is 6.72. The molecule has 6 heteroatoms. The van der Waals surface area contributed by atoms with Gasteiger partial charge in [-0.15, -0.1) is 18.8 Å². The van der Waals surface area contributed by atoms with Crippen molar-refractivity contribution in [1.29, 1.82) is 0 Å². The number of benzene rings is 1. The van der Waals surface area contributed by atoms with Crippen molar-refractivity contribution in [3.05, 3.63) is 64.6 Å². The van der Waals surface area contributed by atoms with Crippen molar-refractivity contribution in [1.82, 2.24) is 9.38 Å². The first-order valence-corrected chi connectivity index (χ1v) is 8.03. The van der Waals surface area contributed by atoms with Gasteiger partial charge in [0.15, 0.2) is 5.65 Å². The first-order valence-electron chi connectivity index (χ1n) is 7.65. The second-order valence-electron chi connectivity index (χ2n) is 5.40. The molecule has 0 spiro atoms. The van der Waals surface area contributed by atoms with Gasteiger partial charge in [-0.25, -0.2) is 4.98 Å². The topological polar surface area (TPSA) is 38.6 Å². The maximum absolute atomic E-state index is 6.22. The van der Waals surface area contributed by atoms with Crippen molar-refractivity contribution in [2.45, 2.75) is 20.1 Å². The quantitative estimate of drug-likeness (QED) is 0.509. The summed E-state index contributed by atoms with van der Waals surface area (Å²) in [7, 11) is 0. The third-order valence-electron chi connectivity index (χ3n) is 3.80. The fraction of sp³-hybridized carbons (Fsp3) is 0.211. The molecule has 0 radical (unpaired) electrons. The zero-order valence-corrected chi connectivity index (χ0v) is 15.4. The molecule has 0 saturated heterocycles. The molecule has 0 bridgehead atoms. The minimum Gasteiger partial charge on any atom is -0.378 e. The Bertz CT molecular complexity index is 899. The van der Waals surface area contributed by atoms with E-state index in [4.69, 9.17) is 22.8 Å². The van der Waals surface area contributed by atoms with Gasteiger partial charge in [-0.3, -0.25) is 4.40 Å². The number of nitrogens with zero attached hydrogens (tertiary/aromatic N) is 2. The lowest BCUT2D eigenvalue weighted by Crippen LogP contribution is -2.03. The molecule has 3 rings (SSSR count). The molecule has 0 aliphatic rings. The van der Waals surface area contributed by atoms with E-state index in [1.54, 1.807) is 0 Å². The third-order valence-corrected chi connectivity index (χ3v) is 4.17. The summed E-state index contributed by atoms with van der Waals surface area (Å²) in [6.07, 6.45) is 7.21. The third kappa shape index (κ3) is 4.26. The van der Waals surface area contributed by atoms with Crippen LogP contribution in [-0.2, 0) is 17.9 Å². The molecule has 0 aliphatic carbocycles. The summed E-state index contributed by atoms with van der Waals surface area (Å²) in [6.45, 7) is 3.33. The van der Waals surface area contributed by atoms with E-state index in [2.05, 4.69) is 16.2 Å². The molecule has 0 aliphatic heterocycles. The highest BCUT2D eigenvalue weighted by atomic mass is 35.5. The number of terminal acetylenes is 1. The predicted octanol–water partition coefficient (Wildman–Crippen LogP) is 4.48. The highest BCUT2D eigenvalue weighted by Crippen LogP contribution is 2.22. The molecule has 0 amide bonds. The van der Waals surface area contributed by atoms with Crippen molar-refractivity contribution in [2.75, 3.05) is 11.9 Å². The number of hydrogen-bond acceptors (Lipinski definition) is 3. The van der Waals surface area contributed by atoms with Gasteiger partial charge in [0.25, 0.3) is 0 Å². The minimum atomic E-state index is 0. The van der Waals surface area contributed by atoms with Crippen LogP contribution in [0.4, 0.5) is 5.69 Å². The lowest BCUT2D eigenvalue weighted by Gasteiger charge is -2.10. The number of halogens is 2. The largest absolute Gasteiger partial charge is 0.378 e. The number of aryl methyl sites for hydroxylation is 1. The number of imidazole rings is 1. The van der Waals surface area contributed by atoms with Crippen molar-refractivity contribution < 1.29 is 4.74 Å². The summed E-state index contributed by atoms with van der Waals surface area (Å²) >= 11 is 6.22. The molecule has 0 atom stereocenters. The second-order valence-corrected chi connectivity index (χ2v) is 5.81. The number of ether oxygens (including phenoxy) is 1. The number of nitrogens with one attached hydrogen (secondary N) is 1. The van der Waals surface area contributed by atoms with Crippen molar-refractivity contribution >= 4 is 35.3 Å². The van der Waals surface area contributed by atoms with Crippen LogP contribution in [0.5, 0.6) is 0 Å². The highest BCUT2D eigenvalue weighted by Gasteiger charge is 2.12. The van der Waals surface area contributed by atoms with E-state index in [0.717, 1.165) is 33.3 Å². The SMILES string of the molecule is C#CCOCc1c(C)nc2c(NCc3ccccc3Cl)cccn12.Cl. The standard InChI is InChI=1S/C19H18ClN3O.ClH/c1-3-11-24-13-18-14(2)22-19-17(9-6-10-23(18)19)21-12-15-7-4-5-8-16(15)20;/h1,4-10,21H,11-13H2,2H3;1H. The van der Waals surface area contributed by atoms with Crippen LogP contribution in [0.2, 0.25) is 5.02 Å². The van der Waals surface area contributed by atoms with Crippen LogP contribution in [-0.4, -0.2) is 16.0 Å². The zero-order chi connectivity index (χ0) is 16.9. The Morgan fingerprint density at radius 2 is 2.08 bits per heavy atom. The van der Waals surface area contributed by atoms with Gasteiger partial charge < -0.3 is 10.1 Å². The van der Waals surface area contributed by atoms with E-state index in [1.165, 1.54) is 0 Å².